The van der Waals surface area contributed by atoms with Gasteiger partial charge in [-0.15, -0.1) is 0 Å². The number of fused-ring (bicyclic) bond motifs is 3. The molecule has 0 spiro atoms. The summed E-state index contributed by atoms with van der Waals surface area (Å²) in [5.74, 6) is 0. The Labute approximate surface area is 138 Å². The molecule has 2 aliphatic rings. The quantitative estimate of drug-likeness (QED) is 0.807. The molecule has 0 amide bonds. The molecule has 2 aromatic rings. The van der Waals surface area contributed by atoms with Crippen LogP contribution in [-0.2, 0) is 18.4 Å². The van der Waals surface area contributed by atoms with Gasteiger partial charge in [0, 0.05) is 17.3 Å². The molecule has 1 aliphatic carbocycles. The molecule has 0 fully saturated rings. The molecule has 120 valence electrons. The molecule has 23 heavy (non-hydrogen) atoms. The van der Waals surface area contributed by atoms with Crippen LogP contribution in [-0.4, -0.2) is 17.7 Å². The van der Waals surface area contributed by atoms with Crippen LogP contribution in [0.25, 0.3) is 10.9 Å². The fourth-order valence-electron chi connectivity index (χ4n) is 4.57. The molecular weight excluding hydrogens is 282 g/mol. The fourth-order valence-corrected chi connectivity index (χ4v) is 4.57. The van der Waals surface area contributed by atoms with Gasteiger partial charge in [-0.05, 0) is 41.5 Å². The van der Waals surface area contributed by atoms with Gasteiger partial charge in [0.25, 0.3) is 0 Å². The summed E-state index contributed by atoms with van der Waals surface area (Å²) in [5.41, 5.74) is 6.12. The largest absolute Gasteiger partial charge is 0.334 e. The lowest BCUT2D eigenvalue weighted by atomic mass is 9.85. The summed E-state index contributed by atoms with van der Waals surface area (Å²) in [5, 5.41) is 10.6. The molecule has 0 bridgehead atoms. The highest BCUT2D eigenvalue weighted by Gasteiger charge is 2.37. The van der Waals surface area contributed by atoms with Crippen molar-refractivity contribution in [2.45, 2.75) is 58.0 Å². The van der Waals surface area contributed by atoms with Crippen molar-refractivity contribution in [1.82, 2.24) is 4.57 Å². The zero-order chi connectivity index (χ0) is 16.2. The van der Waals surface area contributed by atoms with Gasteiger partial charge in [0.05, 0.1) is 18.8 Å². The molecule has 0 saturated heterocycles. The zero-order valence-corrected chi connectivity index (χ0v) is 14.4. The van der Waals surface area contributed by atoms with Gasteiger partial charge in [-0.25, -0.2) is 0 Å². The minimum atomic E-state index is 0.190. The summed E-state index contributed by atoms with van der Waals surface area (Å²) in [6.45, 7) is 9.63. The SMILES string of the molecule is CC(C)(C)c1ccc2c(c1)c1c3n2CC[NH+](CC#N)[C@@H]3CCC1. The number of quaternary nitrogens is 1. The van der Waals surface area contributed by atoms with Crippen LogP contribution in [0.3, 0.4) is 0 Å². The topological polar surface area (TPSA) is 33.2 Å². The molecule has 0 radical (unpaired) electrons. The van der Waals surface area contributed by atoms with E-state index in [1.54, 1.807) is 5.56 Å². The van der Waals surface area contributed by atoms with E-state index in [2.05, 4.69) is 49.6 Å². The number of hydrogen-bond acceptors (Lipinski definition) is 1. The van der Waals surface area contributed by atoms with Gasteiger partial charge >= 0.3 is 0 Å². The molecule has 1 aliphatic heterocycles. The maximum Gasteiger partial charge on any atom is 0.165 e. The zero-order valence-electron chi connectivity index (χ0n) is 14.4. The van der Waals surface area contributed by atoms with E-state index in [1.807, 2.05) is 0 Å². The van der Waals surface area contributed by atoms with E-state index in [9.17, 15) is 0 Å². The van der Waals surface area contributed by atoms with E-state index in [0.29, 0.717) is 12.6 Å². The Balaban J connectivity index is 1.92. The predicted octanol–water partition coefficient (Wildman–Crippen LogP) is 2.74. The van der Waals surface area contributed by atoms with E-state index in [1.165, 1.54) is 46.3 Å². The van der Waals surface area contributed by atoms with E-state index < -0.39 is 0 Å². The molecular formula is C20H26N3+. The first-order valence-corrected chi connectivity index (χ1v) is 8.87. The van der Waals surface area contributed by atoms with Crippen LogP contribution in [0.15, 0.2) is 18.2 Å². The molecule has 0 saturated carbocycles. The van der Waals surface area contributed by atoms with Gasteiger partial charge < -0.3 is 9.47 Å². The molecule has 1 unspecified atom stereocenters. The highest BCUT2D eigenvalue weighted by molar-refractivity contribution is 5.87. The summed E-state index contributed by atoms with van der Waals surface area (Å²) in [7, 11) is 0. The minimum absolute atomic E-state index is 0.190. The average molecular weight is 308 g/mol. The number of aryl methyl sites for hydroxylation is 1. The van der Waals surface area contributed by atoms with Gasteiger partial charge in [0.1, 0.15) is 12.1 Å². The predicted molar refractivity (Wildman–Crippen MR) is 92.6 cm³/mol. The third kappa shape index (κ3) is 2.20. The Kier molecular flexibility index (Phi) is 3.28. The molecule has 2 atom stereocenters. The summed E-state index contributed by atoms with van der Waals surface area (Å²) in [4.78, 5) is 1.47. The summed E-state index contributed by atoms with van der Waals surface area (Å²) in [6, 6.07) is 9.99. The van der Waals surface area contributed by atoms with E-state index in [-0.39, 0.29) is 5.41 Å². The second kappa shape index (κ2) is 5.11. The average Bonchev–Trinajstić information content (AvgIpc) is 2.85. The normalized spacial score (nSPS) is 23.6. The van der Waals surface area contributed by atoms with Crippen molar-refractivity contribution < 1.29 is 4.90 Å². The second-order valence-electron chi connectivity index (χ2n) is 8.19. The van der Waals surface area contributed by atoms with Crippen molar-refractivity contribution in [3.63, 3.8) is 0 Å². The lowest BCUT2D eigenvalue weighted by Gasteiger charge is -2.35. The van der Waals surface area contributed by atoms with E-state index in [4.69, 9.17) is 5.26 Å². The first-order chi connectivity index (χ1) is 11.0. The first kappa shape index (κ1) is 14.8. The van der Waals surface area contributed by atoms with Crippen LogP contribution in [0.4, 0.5) is 0 Å². The monoisotopic (exact) mass is 308 g/mol. The highest BCUT2D eigenvalue weighted by Crippen LogP contribution is 2.39. The van der Waals surface area contributed by atoms with E-state index >= 15 is 0 Å². The molecule has 1 aromatic carbocycles. The number of aromatic nitrogens is 1. The minimum Gasteiger partial charge on any atom is -0.334 e. The number of benzene rings is 1. The number of nitriles is 1. The maximum atomic E-state index is 9.16. The Morgan fingerprint density at radius 1 is 1.35 bits per heavy atom. The van der Waals surface area contributed by atoms with Gasteiger partial charge in [0.15, 0.2) is 6.54 Å². The molecule has 3 nitrogen and oxygen atoms in total. The van der Waals surface area contributed by atoms with Crippen LogP contribution in [0.2, 0.25) is 0 Å². The summed E-state index contributed by atoms with van der Waals surface area (Å²) < 4.78 is 2.56. The number of hydrogen-bond donors (Lipinski definition) is 1. The molecule has 1 N–H and O–H groups in total. The van der Waals surface area contributed by atoms with Gasteiger partial charge in [-0.3, -0.25) is 0 Å². The van der Waals surface area contributed by atoms with Crippen molar-refractivity contribution >= 4 is 10.9 Å². The first-order valence-electron chi connectivity index (χ1n) is 8.87. The highest BCUT2D eigenvalue weighted by atomic mass is 15.2. The lowest BCUT2D eigenvalue weighted by Crippen LogP contribution is -3.13. The molecule has 3 heteroatoms. The van der Waals surface area contributed by atoms with Crippen molar-refractivity contribution in [2.24, 2.45) is 0 Å². The van der Waals surface area contributed by atoms with Crippen LogP contribution >= 0.6 is 0 Å². The Morgan fingerprint density at radius 2 is 2.17 bits per heavy atom. The van der Waals surface area contributed by atoms with Gasteiger partial charge in [-0.2, -0.15) is 5.26 Å². The van der Waals surface area contributed by atoms with Gasteiger partial charge in [-0.1, -0.05) is 26.8 Å². The molecule has 1 aromatic heterocycles. The second-order valence-corrected chi connectivity index (χ2v) is 8.19. The van der Waals surface area contributed by atoms with Gasteiger partial charge in [0.2, 0.25) is 0 Å². The summed E-state index contributed by atoms with van der Waals surface area (Å²) in [6.07, 6.45) is 3.68. The van der Waals surface area contributed by atoms with Crippen LogP contribution < -0.4 is 4.90 Å². The molecule has 2 heterocycles. The fraction of sp³-hybridized carbons (Fsp3) is 0.550. The summed E-state index contributed by atoms with van der Waals surface area (Å²) >= 11 is 0. The Morgan fingerprint density at radius 3 is 2.91 bits per heavy atom. The van der Waals surface area contributed by atoms with Crippen LogP contribution in [0, 0.1) is 11.3 Å². The van der Waals surface area contributed by atoms with Crippen molar-refractivity contribution in [3.8, 4) is 6.07 Å². The van der Waals surface area contributed by atoms with E-state index in [0.717, 1.165) is 13.1 Å². The number of nitrogens with one attached hydrogen (secondary N) is 1. The number of nitrogens with zero attached hydrogens (tertiary/aromatic N) is 2. The Hall–Kier alpha value is -1.79. The maximum absolute atomic E-state index is 9.16. The standard InChI is InChI=1S/C20H25N3/c1-20(2,3)14-7-8-17-16(13-14)15-5-4-6-18-19(15)23(17)12-11-22(18)10-9-21/h7-8,13,18H,4-6,10-12H2,1-3H3/p+1/t18-/m1/s1. The third-order valence-corrected chi connectivity index (χ3v) is 5.78. The smallest absolute Gasteiger partial charge is 0.165 e. The van der Waals surface area contributed by atoms with Crippen molar-refractivity contribution in [3.05, 3.63) is 35.0 Å². The molecule has 4 rings (SSSR count). The lowest BCUT2D eigenvalue weighted by molar-refractivity contribution is -0.930. The number of rotatable bonds is 1. The van der Waals surface area contributed by atoms with Crippen molar-refractivity contribution in [2.75, 3.05) is 13.1 Å². The Bertz CT molecular complexity index is 801. The third-order valence-electron chi connectivity index (χ3n) is 5.78. The van der Waals surface area contributed by atoms with Crippen molar-refractivity contribution in [1.29, 1.82) is 5.26 Å². The van der Waals surface area contributed by atoms with Crippen LogP contribution in [0.1, 0.15) is 56.5 Å². The van der Waals surface area contributed by atoms with Crippen LogP contribution in [0.5, 0.6) is 0 Å².